The summed E-state index contributed by atoms with van der Waals surface area (Å²) in [5.41, 5.74) is 2.41. The highest BCUT2D eigenvalue weighted by Gasteiger charge is 2.00. The molecule has 0 saturated carbocycles. The lowest BCUT2D eigenvalue weighted by Crippen LogP contribution is -2.37. The molecular formula is C18H32IN3O2. The summed E-state index contributed by atoms with van der Waals surface area (Å²) in [6.07, 6.45) is 1.23. The summed E-state index contributed by atoms with van der Waals surface area (Å²) in [6, 6.07) is 8.46. The highest BCUT2D eigenvalue weighted by Crippen LogP contribution is 2.07. The summed E-state index contributed by atoms with van der Waals surface area (Å²) >= 11 is 0. The van der Waals surface area contributed by atoms with E-state index in [-0.39, 0.29) is 30.1 Å². The van der Waals surface area contributed by atoms with Crippen LogP contribution in [-0.4, -0.2) is 38.9 Å². The van der Waals surface area contributed by atoms with Gasteiger partial charge in [-0.1, -0.05) is 24.3 Å². The van der Waals surface area contributed by atoms with Crippen molar-refractivity contribution in [3.63, 3.8) is 0 Å². The molecule has 0 aliphatic carbocycles. The molecule has 2 N–H and O–H groups in total. The Balaban J connectivity index is 0.00000529. The SMILES string of the molecule is CCOCCCNC(=NC)NCc1ccc(COC(C)C)cc1.I. The number of guanidine groups is 1. The van der Waals surface area contributed by atoms with Gasteiger partial charge in [0, 0.05) is 33.4 Å². The van der Waals surface area contributed by atoms with Crippen molar-refractivity contribution in [2.75, 3.05) is 26.8 Å². The third-order valence-corrected chi connectivity index (χ3v) is 3.25. The van der Waals surface area contributed by atoms with Crippen LogP contribution < -0.4 is 10.6 Å². The Morgan fingerprint density at radius 2 is 1.79 bits per heavy atom. The average molecular weight is 449 g/mol. The minimum atomic E-state index is 0. The topological polar surface area (TPSA) is 54.9 Å². The van der Waals surface area contributed by atoms with Crippen LogP contribution in [-0.2, 0) is 22.6 Å². The maximum atomic E-state index is 5.60. The van der Waals surface area contributed by atoms with Crippen LogP contribution in [0.15, 0.2) is 29.3 Å². The zero-order valence-electron chi connectivity index (χ0n) is 15.3. The molecule has 0 unspecified atom stereocenters. The Labute approximate surface area is 163 Å². The van der Waals surface area contributed by atoms with Crippen molar-refractivity contribution < 1.29 is 9.47 Å². The molecule has 0 bridgehead atoms. The largest absolute Gasteiger partial charge is 0.382 e. The first-order chi connectivity index (χ1) is 11.2. The Kier molecular flexibility index (Phi) is 14.0. The molecule has 0 fully saturated rings. The predicted octanol–water partition coefficient (Wildman–Crippen LogP) is 3.32. The molecule has 0 amide bonds. The van der Waals surface area contributed by atoms with Crippen LogP contribution in [0.1, 0.15) is 38.3 Å². The molecule has 24 heavy (non-hydrogen) atoms. The summed E-state index contributed by atoms with van der Waals surface area (Å²) in [4.78, 5) is 4.22. The third-order valence-electron chi connectivity index (χ3n) is 3.25. The maximum Gasteiger partial charge on any atom is 0.191 e. The van der Waals surface area contributed by atoms with E-state index in [2.05, 4.69) is 39.9 Å². The maximum absolute atomic E-state index is 5.60. The second-order valence-electron chi connectivity index (χ2n) is 5.58. The normalized spacial score (nSPS) is 11.3. The Bertz CT molecular complexity index is 450. The summed E-state index contributed by atoms with van der Waals surface area (Å²) in [7, 11) is 1.78. The summed E-state index contributed by atoms with van der Waals surface area (Å²) < 4.78 is 10.9. The lowest BCUT2D eigenvalue weighted by atomic mass is 10.1. The van der Waals surface area contributed by atoms with Crippen LogP contribution >= 0.6 is 24.0 Å². The molecule has 0 heterocycles. The van der Waals surface area contributed by atoms with Crippen LogP contribution in [0.4, 0.5) is 0 Å². The fraction of sp³-hybridized carbons (Fsp3) is 0.611. The van der Waals surface area contributed by atoms with Gasteiger partial charge in [0.2, 0.25) is 0 Å². The number of rotatable bonds is 10. The first-order valence-corrected chi connectivity index (χ1v) is 8.37. The average Bonchev–Trinajstić information content (AvgIpc) is 2.56. The zero-order valence-corrected chi connectivity index (χ0v) is 17.6. The van der Waals surface area contributed by atoms with E-state index in [4.69, 9.17) is 9.47 Å². The first-order valence-electron chi connectivity index (χ1n) is 8.37. The molecule has 0 atom stereocenters. The van der Waals surface area contributed by atoms with Crippen molar-refractivity contribution in [2.45, 2.75) is 46.4 Å². The molecule has 1 rings (SSSR count). The van der Waals surface area contributed by atoms with E-state index in [0.717, 1.165) is 38.7 Å². The number of halogens is 1. The fourth-order valence-electron chi connectivity index (χ4n) is 1.95. The molecule has 0 radical (unpaired) electrons. The molecule has 0 aliphatic heterocycles. The van der Waals surface area contributed by atoms with Crippen molar-refractivity contribution >= 4 is 29.9 Å². The van der Waals surface area contributed by atoms with E-state index in [1.54, 1.807) is 7.05 Å². The smallest absolute Gasteiger partial charge is 0.191 e. The predicted molar refractivity (Wildman–Crippen MR) is 111 cm³/mol. The number of hydrogen-bond donors (Lipinski definition) is 2. The van der Waals surface area contributed by atoms with Gasteiger partial charge in [0.1, 0.15) is 0 Å². The zero-order chi connectivity index (χ0) is 16.9. The molecule has 1 aromatic carbocycles. The number of benzene rings is 1. The van der Waals surface area contributed by atoms with E-state index in [9.17, 15) is 0 Å². The second kappa shape index (κ2) is 14.5. The van der Waals surface area contributed by atoms with Crippen molar-refractivity contribution in [1.29, 1.82) is 0 Å². The fourth-order valence-corrected chi connectivity index (χ4v) is 1.95. The quantitative estimate of drug-likeness (QED) is 0.249. The van der Waals surface area contributed by atoms with Gasteiger partial charge in [0.05, 0.1) is 12.7 Å². The van der Waals surface area contributed by atoms with Gasteiger partial charge in [-0.15, -0.1) is 24.0 Å². The third kappa shape index (κ3) is 10.8. The van der Waals surface area contributed by atoms with Crippen molar-refractivity contribution in [1.82, 2.24) is 10.6 Å². The standard InChI is InChI=1S/C18H31N3O2.HI/c1-5-22-12-6-11-20-18(19-4)21-13-16-7-9-17(10-8-16)14-23-15(2)3;/h7-10,15H,5-6,11-14H2,1-4H3,(H2,19,20,21);1H. The number of nitrogens with zero attached hydrogens (tertiary/aromatic N) is 1. The molecule has 5 nitrogen and oxygen atoms in total. The Hall–Kier alpha value is -0.860. The highest BCUT2D eigenvalue weighted by atomic mass is 127. The number of hydrogen-bond acceptors (Lipinski definition) is 3. The van der Waals surface area contributed by atoms with Crippen LogP contribution in [0, 0.1) is 0 Å². The second-order valence-corrected chi connectivity index (χ2v) is 5.58. The number of aliphatic imine (C=N–C) groups is 1. The van der Waals surface area contributed by atoms with Gasteiger partial charge in [-0.3, -0.25) is 4.99 Å². The monoisotopic (exact) mass is 449 g/mol. The summed E-state index contributed by atoms with van der Waals surface area (Å²) in [5, 5.41) is 6.59. The van der Waals surface area contributed by atoms with E-state index in [1.807, 2.05) is 20.8 Å². The van der Waals surface area contributed by atoms with E-state index in [1.165, 1.54) is 11.1 Å². The minimum Gasteiger partial charge on any atom is -0.382 e. The Morgan fingerprint density at radius 3 is 2.38 bits per heavy atom. The molecule has 1 aromatic rings. The lowest BCUT2D eigenvalue weighted by Gasteiger charge is -2.12. The van der Waals surface area contributed by atoms with Crippen molar-refractivity contribution in [2.24, 2.45) is 4.99 Å². The molecular weight excluding hydrogens is 417 g/mol. The van der Waals surface area contributed by atoms with Gasteiger partial charge < -0.3 is 20.1 Å². The molecule has 0 spiro atoms. The van der Waals surface area contributed by atoms with Gasteiger partial charge in [-0.2, -0.15) is 0 Å². The van der Waals surface area contributed by atoms with Crippen molar-refractivity contribution in [3.05, 3.63) is 35.4 Å². The van der Waals surface area contributed by atoms with Gasteiger partial charge in [0.15, 0.2) is 5.96 Å². The lowest BCUT2D eigenvalue weighted by molar-refractivity contribution is 0.0657. The number of nitrogens with one attached hydrogen (secondary N) is 2. The van der Waals surface area contributed by atoms with E-state index >= 15 is 0 Å². The van der Waals surface area contributed by atoms with Crippen molar-refractivity contribution in [3.8, 4) is 0 Å². The van der Waals surface area contributed by atoms with Gasteiger partial charge in [-0.05, 0) is 38.3 Å². The molecule has 138 valence electrons. The Morgan fingerprint density at radius 1 is 1.12 bits per heavy atom. The van der Waals surface area contributed by atoms with Crippen LogP contribution in [0.25, 0.3) is 0 Å². The van der Waals surface area contributed by atoms with Crippen LogP contribution in [0.3, 0.4) is 0 Å². The summed E-state index contributed by atoms with van der Waals surface area (Å²) in [5.74, 6) is 0.814. The molecule has 6 heteroatoms. The highest BCUT2D eigenvalue weighted by molar-refractivity contribution is 14.0. The summed E-state index contributed by atoms with van der Waals surface area (Å²) in [6.45, 7) is 9.91. The molecule has 0 aromatic heterocycles. The van der Waals surface area contributed by atoms with Gasteiger partial charge in [-0.25, -0.2) is 0 Å². The van der Waals surface area contributed by atoms with Crippen LogP contribution in [0.2, 0.25) is 0 Å². The molecule has 0 aliphatic rings. The van der Waals surface area contributed by atoms with Gasteiger partial charge in [0.25, 0.3) is 0 Å². The number of ether oxygens (including phenoxy) is 2. The minimum absolute atomic E-state index is 0. The van der Waals surface area contributed by atoms with Crippen LogP contribution in [0.5, 0.6) is 0 Å². The first kappa shape index (κ1) is 23.1. The van der Waals surface area contributed by atoms with Gasteiger partial charge >= 0.3 is 0 Å². The molecule has 0 saturated heterocycles. The van der Waals surface area contributed by atoms with E-state index in [0.29, 0.717) is 6.61 Å². The van der Waals surface area contributed by atoms with E-state index < -0.39 is 0 Å².